The van der Waals surface area contributed by atoms with Crippen molar-refractivity contribution in [1.29, 1.82) is 0 Å². The van der Waals surface area contributed by atoms with Crippen LogP contribution in [0.5, 0.6) is 0 Å². The van der Waals surface area contributed by atoms with Crippen molar-refractivity contribution in [3.8, 4) is 0 Å². The number of nitrogens with zero attached hydrogens (tertiary/aromatic N) is 3. The second kappa shape index (κ2) is 6.31. The zero-order chi connectivity index (χ0) is 16.3. The number of benzene rings is 1. The van der Waals surface area contributed by atoms with Crippen molar-refractivity contribution in [2.75, 3.05) is 6.61 Å². The molecule has 0 amide bonds. The number of H-pyrrole nitrogens is 1. The summed E-state index contributed by atoms with van der Waals surface area (Å²) >= 11 is 5.77. The predicted octanol–water partition coefficient (Wildman–Crippen LogP) is 1.77. The van der Waals surface area contributed by atoms with E-state index < -0.39 is 22.4 Å². The van der Waals surface area contributed by atoms with E-state index >= 15 is 0 Å². The number of esters is 1. The van der Waals surface area contributed by atoms with Gasteiger partial charge in [-0.25, -0.2) is 4.79 Å². The van der Waals surface area contributed by atoms with Crippen LogP contribution in [-0.4, -0.2) is 38.7 Å². The Morgan fingerprint density at radius 1 is 1.45 bits per heavy atom. The van der Waals surface area contributed by atoms with Gasteiger partial charge >= 0.3 is 5.97 Å². The third-order valence-corrected chi connectivity index (χ3v) is 2.88. The van der Waals surface area contributed by atoms with Gasteiger partial charge in [0.05, 0.1) is 11.5 Å². The summed E-state index contributed by atoms with van der Waals surface area (Å²) in [4.78, 5) is 34.4. The lowest BCUT2D eigenvalue weighted by Crippen LogP contribution is -2.13. The van der Waals surface area contributed by atoms with Crippen LogP contribution < -0.4 is 0 Å². The monoisotopic (exact) mass is 324 g/mol. The molecule has 0 aliphatic rings. The lowest BCUT2D eigenvalue weighted by Gasteiger charge is -2.03. The number of ketones is 1. The molecule has 0 radical (unpaired) electrons. The van der Waals surface area contributed by atoms with Crippen molar-refractivity contribution in [1.82, 2.24) is 15.4 Å². The van der Waals surface area contributed by atoms with Gasteiger partial charge in [0.15, 0.2) is 11.4 Å². The zero-order valence-corrected chi connectivity index (χ0v) is 12.0. The van der Waals surface area contributed by atoms with Gasteiger partial charge in [0.25, 0.3) is 5.69 Å². The normalized spacial score (nSPS) is 10.3. The molecule has 0 saturated carbocycles. The number of hydrogen-bond acceptors (Lipinski definition) is 7. The Balaban J connectivity index is 2.50. The molecule has 10 heteroatoms. The van der Waals surface area contributed by atoms with Crippen LogP contribution in [0.2, 0.25) is 5.02 Å². The first-order valence-electron chi connectivity index (χ1n) is 6.02. The lowest BCUT2D eigenvalue weighted by atomic mass is 10.0. The fourth-order valence-corrected chi connectivity index (χ4v) is 1.88. The number of nitro groups is 1. The van der Waals surface area contributed by atoms with Crippen molar-refractivity contribution >= 4 is 29.0 Å². The van der Waals surface area contributed by atoms with Gasteiger partial charge in [0.1, 0.15) is 5.56 Å². The molecule has 0 spiro atoms. The third-order valence-electron chi connectivity index (χ3n) is 2.64. The minimum Gasteiger partial charge on any atom is -0.461 e. The summed E-state index contributed by atoms with van der Waals surface area (Å²) in [5.41, 5.74) is -1.39. The number of rotatable bonds is 5. The van der Waals surface area contributed by atoms with Gasteiger partial charge in [-0.3, -0.25) is 20.0 Å². The number of carbonyl (C=O) groups is 2. The van der Waals surface area contributed by atoms with Crippen molar-refractivity contribution in [3.05, 3.63) is 50.3 Å². The van der Waals surface area contributed by atoms with Crippen LogP contribution in [0.15, 0.2) is 18.2 Å². The van der Waals surface area contributed by atoms with E-state index in [1.807, 2.05) is 0 Å². The van der Waals surface area contributed by atoms with Crippen LogP contribution >= 0.6 is 11.6 Å². The van der Waals surface area contributed by atoms with Gasteiger partial charge < -0.3 is 4.74 Å². The molecule has 2 aromatic rings. The maximum absolute atomic E-state index is 12.4. The third kappa shape index (κ3) is 2.93. The van der Waals surface area contributed by atoms with Crippen LogP contribution in [0, 0.1) is 10.1 Å². The van der Waals surface area contributed by atoms with Gasteiger partial charge in [-0.1, -0.05) is 16.8 Å². The Hall–Kier alpha value is -2.81. The number of hydrogen-bond donors (Lipinski definition) is 1. The van der Waals surface area contributed by atoms with Gasteiger partial charge in [-0.15, -0.1) is 5.10 Å². The van der Waals surface area contributed by atoms with E-state index in [0.717, 1.165) is 12.1 Å². The first-order valence-corrected chi connectivity index (χ1v) is 6.40. The Labute approximate surface area is 128 Å². The molecule has 9 nitrogen and oxygen atoms in total. The summed E-state index contributed by atoms with van der Waals surface area (Å²) < 4.78 is 4.75. The molecular formula is C12H9ClN4O5. The van der Waals surface area contributed by atoms with E-state index in [9.17, 15) is 19.7 Å². The summed E-state index contributed by atoms with van der Waals surface area (Å²) in [7, 11) is 0. The summed E-state index contributed by atoms with van der Waals surface area (Å²) in [5.74, 6) is -1.69. The Kier molecular flexibility index (Phi) is 4.47. The Morgan fingerprint density at radius 2 is 2.18 bits per heavy atom. The van der Waals surface area contributed by atoms with E-state index in [1.54, 1.807) is 6.92 Å². The molecule has 0 fully saturated rings. The highest BCUT2D eigenvalue weighted by atomic mass is 35.5. The number of nitro benzene ring substituents is 1. The van der Waals surface area contributed by atoms with Crippen LogP contribution in [0.1, 0.15) is 33.5 Å². The summed E-state index contributed by atoms with van der Waals surface area (Å²) in [6.45, 7) is 1.67. The lowest BCUT2D eigenvalue weighted by molar-refractivity contribution is -0.385. The minimum absolute atomic E-state index is 0.0861. The maximum atomic E-state index is 12.4. The van der Waals surface area contributed by atoms with Gasteiger partial charge in [0, 0.05) is 11.1 Å². The fourth-order valence-electron chi connectivity index (χ4n) is 1.71. The number of ether oxygens (including phenoxy) is 1. The Morgan fingerprint density at radius 3 is 2.82 bits per heavy atom. The SMILES string of the molecule is CCOC(=O)c1[nH]nnc1C(=O)c1cc(Cl)ccc1[N+](=O)[O-]. The molecule has 1 aromatic carbocycles. The predicted molar refractivity (Wildman–Crippen MR) is 73.9 cm³/mol. The summed E-state index contributed by atoms with van der Waals surface area (Å²) in [6.07, 6.45) is 0. The van der Waals surface area contributed by atoms with Crippen molar-refractivity contribution in [2.45, 2.75) is 6.92 Å². The largest absolute Gasteiger partial charge is 0.461 e. The van der Waals surface area contributed by atoms with Gasteiger partial charge in [-0.05, 0) is 19.1 Å². The summed E-state index contributed by atoms with van der Waals surface area (Å²) in [6, 6.07) is 3.51. The highest BCUT2D eigenvalue weighted by Gasteiger charge is 2.29. The van der Waals surface area contributed by atoms with E-state index in [0.29, 0.717) is 0 Å². The van der Waals surface area contributed by atoms with E-state index in [2.05, 4.69) is 15.4 Å². The molecule has 1 aromatic heterocycles. The highest BCUT2D eigenvalue weighted by Crippen LogP contribution is 2.25. The quantitative estimate of drug-likeness (QED) is 0.384. The van der Waals surface area contributed by atoms with Crippen LogP contribution in [0.4, 0.5) is 5.69 Å². The van der Waals surface area contributed by atoms with E-state index in [4.69, 9.17) is 16.3 Å². The second-order valence-electron chi connectivity index (χ2n) is 4.00. The second-order valence-corrected chi connectivity index (χ2v) is 4.44. The Bertz CT molecular complexity index is 758. The van der Waals surface area contributed by atoms with Crippen LogP contribution in [0.3, 0.4) is 0 Å². The van der Waals surface area contributed by atoms with Crippen molar-refractivity contribution < 1.29 is 19.2 Å². The first kappa shape index (κ1) is 15.6. The smallest absolute Gasteiger partial charge is 0.358 e. The van der Waals surface area contributed by atoms with Gasteiger partial charge in [-0.2, -0.15) is 0 Å². The molecule has 0 aliphatic heterocycles. The van der Waals surface area contributed by atoms with Gasteiger partial charge in [0.2, 0.25) is 5.78 Å². The average Bonchev–Trinajstić information content (AvgIpc) is 2.95. The molecule has 0 aliphatic carbocycles. The molecule has 22 heavy (non-hydrogen) atoms. The van der Waals surface area contributed by atoms with Crippen molar-refractivity contribution in [3.63, 3.8) is 0 Å². The first-order chi connectivity index (χ1) is 10.5. The molecule has 114 valence electrons. The van der Waals surface area contributed by atoms with Crippen LogP contribution in [-0.2, 0) is 4.74 Å². The molecule has 1 N–H and O–H groups in total. The average molecular weight is 325 g/mol. The van der Waals surface area contributed by atoms with E-state index in [-0.39, 0.29) is 28.6 Å². The molecule has 0 atom stereocenters. The number of halogens is 1. The fraction of sp³-hybridized carbons (Fsp3) is 0.167. The van der Waals surface area contributed by atoms with Crippen molar-refractivity contribution in [2.24, 2.45) is 0 Å². The minimum atomic E-state index is -0.856. The highest BCUT2D eigenvalue weighted by molar-refractivity contribution is 6.31. The number of aromatic nitrogens is 3. The molecule has 2 rings (SSSR count). The molecule has 0 saturated heterocycles. The summed E-state index contributed by atoms with van der Waals surface area (Å²) in [5, 5.41) is 20.3. The molecule has 0 unspecified atom stereocenters. The van der Waals surface area contributed by atoms with E-state index in [1.165, 1.54) is 6.07 Å². The maximum Gasteiger partial charge on any atom is 0.358 e. The molecular weight excluding hydrogens is 316 g/mol. The topological polar surface area (TPSA) is 128 Å². The number of carbonyl (C=O) groups excluding carboxylic acids is 2. The number of aromatic amines is 1. The van der Waals surface area contributed by atoms with Crippen LogP contribution in [0.25, 0.3) is 0 Å². The number of nitrogens with one attached hydrogen (secondary N) is 1. The standard InChI is InChI=1S/C12H9ClN4O5/c1-2-22-12(19)10-9(14-16-15-10)11(18)7-5-6(13)3-4-8(7)17(20)21/h3-5H,2H2,1H3,(H,14,15,16). The molecule has 1 heterocycles. The zero-order valence-electron chi connectivity index (χ0n) is 11.2. The molecule has 0 bridgehead atoms.